The van der Waals surface area contributed by atoms with E-state index in [9.17, 15) is 4.79 Å². The minimum Gasteiger partial charge on any atom is -0.348 e. The maximum absolute atomic E-state index is 12.0. The van der Waals surface area contributed by atoms with Crippen LogP contribution in [0.5, 0.6) is 0 Å². The molecule has 0 radical (unpaired) electrons. The van der Waals surface area contributed by atoms with E-state index in [2.05, 4.69) is 31.7 Å². The maximum Gasteiger partial charge on any atom is 0.251 e. The van der Waals surface area contributed by atoms with Crippen LogP contribution in [-0.4, -0.2) is 10.9 Å². The number of halogens is 2. The summed E-state index contributed by atoms with van der Waals surface area (Å²) in [6.07, 6.45) is 0. The molecule has 0 bridgehead atoms. The highest BCUT2D eigenvalue weighted by Crippen LogP contribution is 2.14. The number of hydrazine groups is 1. The molecular formula is C13H12BrClN4O. The van der Waals surface area contributed by atoms with Gasteiger partial charge in [-0.25, -0.2) is 10.8 Å². The van der Waals surface area contributed by atoms with Gasteiger partial charge in [0.15, 0.2) is 0 Å². The number of nitrogens with zero attached hydrogens (tertiary/aromatic N) is 1. The van der Waals surface area contributed by atoms with E-state index in [0.29, 0.717) is 17.9 Å². The molecule has 2 rings (SSSR count). The fourth-order valence-corrected chi connectivity index (χ4v) is 2.29. The fraction of sp³-hybridized carbons (Fsp3) is 0.0769. The molecule has 2 aromatic rings. The molecule has 1 heterocycles. The van der Waals surface area contributed by atoms with Crippen LogP contribution in [0.25, 0.3) is 0 Å². The number of rotatable bonds is 4. The lowest BCUT2D eigenvalue weighted by molar-refractivity contribution is 0.0951. The third-order valence-corrected chi connectivity index (χ3v) is 3.23. The summed E-state index contributed by atoms with van der Waals surface area (Å²) in [5.41, 5.74) is 3.75. The molecular weight excluding hydrogens is 344 g/mol. The molecule has 1 aromatic carbocycles. The number of hydrogen-bond acceptors (Lipinski definition) is 4. The van der Waals surface area contributed by atoms with Crippen molar-refractivity contribution in [2.24, 2.45) is 5.84 Å². The summed E-state index contributed by atoms with van der Waals surface area (Å²) < 4.78 is 0.964. The lowest BCUT2D eigenvalue weighted by Gasteiger charge is -2.07. The van der Waals surface area contributed by atoms with E-state index < -0.39 is 0 Å². The van der Waals surface area contributed by atoms with Gasteiger partial charge in [-0.05, 0) is 29.8 Å². The van der Waals surface area contributed by atoms with Gasteiger partial charge < -0.3 is 10.7 Å². The van der Waals surface area contributed by atoms with Crippen molar-refractivity contribution in [3.8, 4) is 0 Å². The zero-order valence-electron chi connectivity index (χ0n) is 10.4. The van der Waals surface area contributed by atoms with Crippen molar-refractivity contribution >= 4 is 39.3 Å². The molecule has 0 unspecified atom stereocenters. The average molecular weight is 356 g/mol. The number of carbonyl (C=O) groups is 1. The van der Waals surface area contributed by atoms with Crippen LogP contribution < -0.4 is 16.6 Å². The second-order valence-electron chi connectivity index (χ2n) is 4.02. The van der Waals surface area contributed by atoms with E-state index in [1.807, 2.05) is 24.3 Å². The molecule has 0 aliphatic heterocycles. The van der Waals surface area contributed by atoms with E-state index in [0.717, 1.165) is 10.0 Å². The number of benzene rings is 1. The molecule has 7 heteroatoms. The zero-order valence-corrected chi connectivity index (χ0v) is 12.7. The van der Waals surface area contributed by atoms with Gasteiger partial charge in [0.05, 0.1) is 0 Å². The topological polar surface area (TPSA) is 80.0 Å². The van der Waals surface area contributed by atoms with Crippen molar-refractivity contribution in [3.63, 3.8) is 0 Å². The number of nitrogens with two attached hydrogens (primary N) is 1. The zero-order chi connectivity index (χ0) is 14.5. The van der Waals surface area contributed by atoms with Crippen molar-refractivity contribution in [1.82, 2.24) is 10.3 Å². The Hall–Kier alpha value is -1.63. The summed E-state index contributed by atoms with van der Waals surface area (Å²) in [7, 11) is 0. The predicted molar refractivity (Wildman–Crippen MR) is 82.4 cm³/mol. The molecule has 0 saturated heterocycles. The van der Waals surface area contributed by atoms with Crippen molar-refractivity contribution in [2.75, 3.05) is 5.43 Å². The van der Waals surface area contributed by atoms with E-state index >= 15 is 0 Å². The van der Waals surface area contributed by atoms with E-state index in [4.69, 9.17) is 17.4 Å². The molecule has 0 aliphatic carbocycles. The molecule has 0 saturated carbocycles. The summed E-state index contributed by atoms with van der Waals surface area (Å²) in [5, 5.41) is 3.01. The highest BCUT2D eigenvalue weighted by Gasteiger charge is 2.09. The monoisotopic (exact) mass is 354 g/mol. The molecule has 1 amide bonds. The molecule has 5 nitrogen and oxygen atoms in total. The van der Waals surface area contributed by atoms with Gasteiger partial charge in [0.2, 0.25) is 0 Å². The summed E-state index contributed by atoms with van der Waals surface area (Å²) in [6, 6.07) is 10.7. The molecule has 20 heavy (non-hydrogen) atoms. The first-order valence-corrected chi connectivity index (χ1v) is 6.92. The Morgan fingerprint density at radius 2 is 2.15 bits per heavy atom. The third-order valence-electron chi connectivity index (χ3n) is 2.55. The van der Waals surface area contributed by atoms with E-state index in [-0.39, 0.29) is 11.1 Å². The fourth-order valence-electron chi connectivity index (χ4n) is 1.63. The third kappa shape index (κ3) is 3.93. The lowest BCUT2D eigenvalue weighted by Crippen LogP contribution is -2.23. The Morgan fingerprint density at radius 3 is 2.85 bits per heavy atom. The lowest BCUT2D eigenvalue weighted by atomic mass is 10.2. The van der Waals surface area contributed by atoms with Gasteiger partial charge in [-0.1, -0.05) is 39.7 Å². The minimum absolute atomic E-state index is 0.202. The number of nitrogens with one attached hydrogen (secondary N) is 2. The van der Waals surface area contributed by atoms with Crippen LogP contribution in [0.4, 0.5) is 5.82 Å². The number of pyridine rings is 1. The number of amides is 1. The number of nitrogen functional groups attached to an aromatic ring is 1. The Bertz CT molecular complexity index is 636. The van der Waals surface area contributed by atoms with Gasteiger partial charge in [-0.15, -0.1) is 0 Å². The number of anilines is 1. The summed E-state index contributed by atoms with van der Waals surface area (Å²) >= 11 is 9.20. The van der Waals surface area contributed by atoms with Crippen LogP contribution in [0.2, 0.25) is 5.15 Å². The SMILES string of the molecule is NNc1cc(C(=O)NCc2cccc(Br)c2)cc(Cl)n1. The number of hydrogen-bond donors (Lipinski definition) is 3. The van der Waals surface area contributed by atoms with Crippen LogP contribution >= 0.6 is 27.5 Å². The summed E-state index contributed by atoms with van der Waals surface area (Å²) in [4.78, 5) is 16.0. The van der Waals surface area contributed by atoms with Gasteiger partial charge in [0.1, 0.15) is 11.0 Å². The highest BCUT2D eigenvalue weighted by molar-refractivity contribution is 9.10. The minimum atomic E-state index is -0.245. The molecule has 4 N–H and O–H groups in total. The molecule has 0 atom stereocenters. The Balaban J connectivity index is 2.07. The van der Waals surface area contributed by atoms with Crippen LogP contribution in [0, 0.1) is 0 Å². The first-order valence-electron chi connectivity index (χ1n) is 5.75. The van der Waals surface area contributed by atoms with Crippen molar-refractivity contribution in [3.05, 3.63) is 57.2 Å². The van der Waals surface area contributed by atoms with Gasteiger partial charge in [-0.2, -0.15) is 0 Å². The Morgan fingerprint density at radius 1 is 1.35 bits per heavy atom. The molecule has 104 valence electrons. The first-order chi connectivity index (χ1) is 9.58. The Labute approximate surface area is 129 Å². The first kappa shape index (κ1) is 14.8. The standard InChI is InChI=1S/C13H12BrClN4O/c14-10-3-1-2-8(4-10)7-17-13(20)9-5-11(15)18-12(6-9)19-16/h1-6H,7,16H2,(H,17,20)(H,18,19). The van der Waals surface area contributed by atoms with Crippen LogP contribution in [0.1, 0.15) is 15.9 Å². The maximum atomic E-state index is 12.0. The second-order valence-corrected chi connectivity index (χ2v) is 5.32. The summed E-state index contributed by atoms with van der Waals surface area (Å²) in [6.45, 7) is 0.420. The molecule has 0 spiro atoms. The van der Waals surface area contributed by atoms with Crippen LogP contribution in [0.3, 0.4) is 0 Å². The summed E-state index contributed by atoms with van der Waals surface area (Å²) in [5.74, 6) is 5.35. The van der Waals surface area contributed by atoms with Crippen molar-refractivity contribution < 1.29 is 4.79 Å². The van der Waals surface area contributed by atoms with E-state index in [1.165, 1.54) is 12.1 Å². The van der Waals surface area contributed by atoms with Crippen LogP contribution in [0.15, 0.2) is 40.9 Å². The average Bonchev–Trinajstić information content (AvgIpc) is 2.44. The number of carbonyl (C=O) groups excluding carboxylic acids is 1. The highest BCUT2D eigenvalue weighted by atomic mass is 79.9. The van der Waals surface area contributed by atoms with E-state index in [1.54, 1.807) is 0 Å². The predicted octanol–water partition coefficient (Wildman–Crippen LogP) is 2.71. The van der Waals surface area contributed by atoms with Crippen molar-refractivity contribution in [2.45, 2.75) is 6.54 Å². The Kier molecular flexibility index (Phi) is 4.94. The van der Waals surface area contributed by atoms with Gasteiger partial charge >= 0.3 is 0 Å². The van der Waals surface area contributed by atoms with Gasteiger partial charge in [0.25, 0.3) is 5.91 Å². The molecule has 0 fully saturated rings. The van der Waals surface area contributed by atoms with Crippen LogP contribution in [-0.2, 0) is 6.54 Å². The smallest absolute Gasteiger partial charge is 0.251 e. The molecule has 0 aliphatic rings. The van der Waals surface area contributed by atoms with Gasteiger partial charge in [0, 0.05) is 16.6 Å². The van der Waals surface area contributed by atoms with Crippen molar-refractivity contribution in [1.29, 1.82) is 0 Å². The largest absolute Gasteiger partial charge is 0.348 e. The second kappa shape index (κ2) is 6.69. The molecule has 1 aromatic heterocycles. The number of aromatic nitrogens is 1. The quantitative estimate of drug-likeness (QED) is 0.447. The normalized spacial score (nSPS) is 10.2. The van der Waals surface area contributed by atoms with Gasteiger partial charge in [-0.3, -0.25) is 4.79 Å².